The fourth-order valence-corrected chi connectivity index (χ4v) is 3.72. The zero-order chi connectivity index (χ0) is 12.5. The number of nitrogens with two attached hydrogens (primary N) is 1. The van der Waals surface area contributed by atoms with Gasteiger partial charge in [-0.15, -0.1) is 11.3 Å². The van der Waals surface area contributed by atoms with E-state index < -0.39 is 0 Å². The molecule has 0 aliphatic carbocycles. The van der Waals surface area contributed by atoms with Crippen molar-refractivity contribution < 1.29 is 0 Å². The van der Waals surface area contributed by atoms with E-state index in [-0.39, 0.29) is 0 Å². The van der Waals surface area contributed by atoms with Crippen LogP contribution in [0.1, 0.15) is 0 Å². The molecule has 3 aromatic rings. The van der Waals surface area contributed by atoms with Crippen molar-refractivity contribution in [2.24, 2.45) is 0 Å². The first-order chi connectivity index (χ1) is 8.72. The van der Waals surface area contributed by atoms with Crippen molar-refractivity contribution in [2.45, 2.75) is 9.37 Å². The van der Waals surface area contributed by atoms with Crippen molar-refractivity contribution in [3.63, 3.8) is 0 Å². The molecule has 0 unspecified atom stereocenters. The second-order valence-electron chi connectivity index (χ2n) is 3.61. The minimum atomic E-state index is 0.555. The summed E-state index contributed by atoms with van der Waals surface area (Å²) in [7, 11) is 0. The van der Waals surface area contributed by atoms with Crippen LogP contribution in [0.25, 0.3) is 10.2 Å². The van der Waals surface area contributed by atoms with Crippen LogP contribution in [0.3, 0.4) is 0 Å². The largest absolute Gasteiger partial charge is 0.397 e. The molecule has 0 aliphatic heterocycles. The monoisotopic (exact) mass is 293 g/mol. The number of aromatic nitrogens is 2. The number of halogens is 1. The van der Waals surface area contributed by atoms with E-state index in [1.165, 1.54) is 11.8 Å². The maximum Gasteiger partial charge on any atom is 0.157 e. The van der Waals surface area contributed by atoms with Gasteiger partial charge in [-0.1, -0.05) is 23.7 Å². The molecule has 0 spiro atoms. The molecule has 2 heterocycles. The lowest BCUT2D eigenvalue weighted by Crippen LogP contribution is -1.88. The Hall–Kier alpha value is -1.30. The molecule has 0 aliphatic rings. The van der Waals surface area contributed by atoms with Crippen LogP contribution in [-0.2, 0) is 0 Å². The van der Waals surface area contributed by atoms with Crippen LogP contribution in [0.5, 0.6) is 0 Å². The van der Waals surface area contributed by atoms with Gasteiger partial charge in [-0.25, -0.2) is 9.97 Å². The summed E-state index contributed by atoms with van der Waals surface area (Å²) < 4.78 is 2.09. The van der Waals surface area contributed by atoms with Crippen molar-refractivity contribution in [1.29, 1.82) is 0 Å². The van der Waals surface area contributed by atoms with Gasteiger partial charge < -0.3 is 5.73 Å². The second-order valence-corrected chi connectivity index (χ2v) is 6.28. The number of pyridine rings is 1. The number of fused-ring (bicyclic) bond motifs is 1. The summed E-state index contributed by atoms with van der Waals surface area (Å²) in [4.78, 5) is 8.74. The maximum absolute atomic E-state index is 6.09. The van der Waals surface area contributed by atoms with E-state index in [1.807, 2.05) is 18.2 Å². The summed E-state index contributed by atoms with van der Waals surface area (Å²) in [6.45, 7) is 0. The van der Waals surface area contributed by atoms with Crippen molar-refractivity contribution in [3.8, 4) is 0 Å². The standard InChI is InChI=1S/C12H8ClN3S2/c13-8-5-7(14)6-15-11(8)18-12-16-9-3-1-2-4-10(9)17-12/h1-6H,14H2. The number of hydrogen-bond acceptors (Lipinski definition) is 5. The van der Waals surface area contributed by atoms with E-state index in [1.54, 1.807) is 23.6 Å². The van der Waals surface area contributed by atoms with Gasteiger partial charge in [0.2, 0.25) is 0 Å². The Morgan fingerprint density at radius 2 is 2.11 bits per heavy atom. The highest BCUT2D eigenvalue weighted by atomic mass is 35.5. The lowest BCUT2D eigenvalue weighted by atomic mass is 10.3. The maximum atomic E-state index is 6.09. The summed E-state index contributed by atoms with van der Waals surface area (Å²) in [5.74, 6) is 0. The van der Waals surface area contributed by atoms with Gasteiger partial charge in [-0.05, 0) is 30.0 Å². The van der Waals surface area contributed by atoms with Crippen LogP contribution < -0.4 is 5.73 Å². The molecule has 3 rings (SSSR count). The van der Waals surface area contributed by atoms with E-state index in [0.717, 1.165) is 19.6 Å². The lowest BCUT2D eigenvalue weighted by molar-refractivity contribution is 1.13. The number of thiazole rings is 1. The predicted molar refractivity (Wildman–Crippen MR) is 77.4 cm³/mol. The molecule has 0 radical (unpaired) electrons. The molecule has 3 nitrogen and oxygen atoms in total. The topological polar surface area (TPSA) is 51.8 Å². The quantitative estimate of drug-likeness (QED) is 0.773. The second kappa shape index (κ2) is 4.76. The van der Waals surface area contributed by atoms with Crippen LogP contribution >= 0.6 is 34.7 Å². The first-order valence-corrected chi connectivity index (χ1v) is 7.18. The third kappa shape index (κ3) is 2.29. The van der Waals surface area contributed by atoms with E-state index in [2.05, 4.69) is 16.0 Å². The van der Waals surface area contributed by atoms with Crippen molar-refractivity contribution in [3.05, 3.63) is 41.6 Å². The molecular formula is C12H8ClN3S2. The molecule has 0 saturated carbocycles. The molecule has 0 fully saturated rings. The number of anilines is 1. The van der Waals surface area contributed by atoms with E-state index in [9.17, 15) is 0 Å². The summed E-state index contributed by atoms with van der Waals surface area (Å²) >= 11 is 9.18. The molecule has 2 aromatic heterocycles. The Bertz CT molecular complexity index is 678. The number of nitrogen functional groups attached to an aromatic ring is 1. The van der Waals surface area contributed by atoms with Gasteiger partial charge in [0.25, 0.3) is 0 Å². The Labute approximate surface area is 117 Å². The Morgan fingerprint density at radius 1 is 1.28 bits per heavy atom. The van der Waals surface area contributed by atoms with Gasteiger partial charge in [0.15, 0.2) is 4.34 Å². The highest BCUT2D eigenvalue weighted by Crippen LogP contribution is 2.36. The van der Waals surface area contributed by atoms with Gasteiger partial charge in [0, 0.05) is 0 Å². The summed E-state index contributed by atoms with van der Waals surface area (Å²) in [5.41, 5.74) is 7.17. The number of hydrogen-bond donors (Lipinski definition) is 1. The third-order valence-corrected chi connectivity index (χ3v) is 4.80. The molecule has 90 valence electrons. The molecule has 2 N–H and O–H groups in total. The molecule has 1 aromatic carbocycles. The number of para-hydroxylation sites is 1. The normalized spacial score (nSPS) is 10.9. The fourth-order valence-electron chi connectivity index (χ4n) is 1.49. The average Bonchev–Trinajstić information content (AvgIpc) is 2.75. The zero-order valence-electron chi connectivity index (χ0n) is 9.13. The van der Waals surface area contributed by atoms with E-state index >= 15 is 0 Å². The van der Waals surface area contributed by atoms with Crippen molar-refractivity contribution in [2.75, 3.05) is 5.73 Å². The summed E-state index contributed by atoms with van der Waals surface area (Å²) in [5, 5.41) is 1.28. The highest BCUT2D eigenvalue weighted by Gasteiger charge is 2.09. The Balaban J connectivity index is 1.96. The van der Waals surface area contributed by atoms with Gasteiger partial charge in [-0.2, -0.15) is 0 Å². The Morgan fingerprint density at radius 3 is 2.89 bits per heavy atom. The number of rotatable bonds is 2. The molecule has 0 bridgehead atoms. The first-order valence-electron chi connectivity index (χ1n) is 5.17. The van der Waals surface area contributed by atoms with Crippen molar-refractivity contribution >= 4 is 50.6 Å². The lowest BCUT2D eigenvalue weighted by Gasteiger charge is -2.00. The molecule has 18 heavy (non-hydrogen) atoms. The molecule has 6 heteroatoms. The fraction of sp³-hybridized carbons (Fsp3) is 0. The van der Waals surface area contributed by atoms with Crippen LogP contribution in [0, 0.1) is 0 Å². The minimum absolute atomic E-state index is 0.555. The Kier molecular flexibility index (Phi) is 3.11. The van der Waals surface area contributed by atoms with Crippen LogP contribution in [0.2, 0.25) is 5.02 Å². The van der Waals surface area contributed by atoms with Crippen LogP contribution in [0.4, 0.5) is 5.69 Å². The minimum Gasteiger partial charge on any atom is -0.397 e. The van der Waals surface area contributed by atoms with Gasteiger partial charge in [-0.3, -0.25) is 0 Å². The third-order valence-electron chi connectivity index (χ3n) is 2.29. The van der Waals surface area contributed by atoms with Gasteiger partial charge in [0.1, 0.15) is 5.03 Å². The van der Waals surface area contributed by atoms with E-state index in [4.69, 9.17) is 17.3 Å². The molecule has 0 atom stereocenters. The van der Waals surface area contributed by atoms with Crippen LogP contribution in [0.15, 0.2) is 45.9 Å². The highest BCUT2D eigenvalue weighted by molar-refractivity contribution is 8.01. The van der Waals surface area contributed by atoms with Gasteiger partial charge >= 0.3 is 0 Å². The van der Waals surface area contributed by atoms with Gasteiger partial charge in [0.05, 0.1) is 27.1 Å². The predicted octanol–water partition coefficient (Wildman–Crippen LogP) is 4.08. The summed E-state index contributed by atoms with van der Waals surface area (Å²) in [6, 6.07) is 9.72. The number of nitrogens with zero attached hydrogens (tertiary/aromatic N) is 2. The molecule has 0 amide bonds. The number of benzene rings is 1. The zero-order valence-corrected chi connectivity index (χ0v) is 11.5. The molecule has 0 saturated heterocycles. The van der Waals surface area contributed by atoms with Crippen molar-refractivity contribution in [1.82, 2.24) is 9.97 Å². The SMILES string of the molecule is Nc1cnc(Sc2nc3ccccc3s2)c(Cl)c1. The van der Waals surface area contributed by atoms with Crippen LogP contribution in [-0.4, -0.2) is 9.97 Å². The first kappa shape index (κ1) is 11.8. The summed E-state index contributed by atoms with van der Waals surface area (Å²) in [6.07, 6.45) is 1.60. The average molecular weight is 294 g/mol. The smallest absolute Gasteiger partial charge is 0.157 e. The molecular weight excluding hydrogens is 286 g/mol. The van der Waals surface area contributed by atoms with E-state index in [0.29, 0.717) is 10.7 Å².